The van der Waals surface area contributed by atoms with E-state index in [-0.39, 0.29) is 0 Å². The normalized spacial score (nSPS) is 16.3. The first-order valence-electron chi connectivity index (χ1n) is 6.89. The molecule has 2 aromatic carbocycles. The Kier molecular flexibility index (Phi) is 4.23. The highest BCUT2D eigenvalue weighted by molar-refractivity contribution is 7.56. The fraction of sp³-hybridized carbons (Fsp3) is 0.118. The van der Waals surface area contributed by atoms with E-state index in [9.17, 15) is 4.79 Å². The highest BCUT2D eigenvalue weighted by atomic mass is 31.2. The van der Waals surface area contributed by atoms with E-state index < -0.39 is 14.3 Å². The molecule has 0 aromatic heterocycles. The molecule has 0 saturated heterocycles. The number of carbonyl (C=O) groups excluding carboxylic acids is 1. The summed E-state index contributed by atoms with van der Waals surface area (Å²) in [6, 6.07) is 15.5. The molecule has 4 nitrogen and oxygen atoms in total. The van der Waals surface area contributed by atoms with E-state index in [1.54, 1.807) is 19.9 Å². The van der Waals surface area contributed by atoms with Crippen LogP contribution in [0.1, 0.15) is 13.8 Å². The van der Waals surface area contributed by atoms with Crippen LogP contribution in [0.3, 0.4) is 0 Å². The van der Waals surface area contributed by atoms with E-state index in [1.807, 2.05) is 48.5 Å². The Morgan fingerprint density at radius 2 is 1.77 bits per heavy atom. The fourth-order valence-corrected chi connectivity index (χ4v) is 3.36. The van der Waals surface area contributed by atoms with Crippen molar-refractivity contribution in [3.63, 3.8) is 0 Å². The van der Waals surface area contributed by atoms with Crippen LogP contribution in [0.25, 0.3) is 11.1 Å². The second-order valence-corrected chi connectivity index (χ2v) is 6.11. The van der Waals surface area contributed by atoms with Gasteiger partial charge in [-0.2, -0.15) is 0 Å². The van der Waals surface area contributed by atoms with Crippen LogP contribution >= 0.6 is 8.38 Å². The first-order chi connectivity index (χ1) is 10.7. The van der Waals surface area contributed by atoms with Gasteiger partial charge in [-0.3, -0.25) is 4.89 Å². The molecule has 1 aliphatic rings. The largest absolute Gasteiger partial charge is 0.441 e. The van der Waals surface area contributed by atoms with Gasteiger partial charge in [-0.25, -0.2) is 4.79 Å². The summed E-state index contributed by atoms with van der Waals surface area (Å²) in [7, 11) is -1.51. The molecule has 3 rings (SSSR count). The second kappa shape index (κ2) is 6.30. The monoisotopic (exact) mass is 314 g/mol. The Hall–Kier alpha value is -2.16. The average molecular weight is 314 g/mol. The van der Waals surface area contributed by atoms with Crippen LogP contribution in [0.15, 0.2) is 60.2 Å². The van der Waals surface area contributed by atoms with Gasteiger partial charge in [0.2, 0.25) is 0 Å². The lowest BCUT2D eigenvalue weighted by atomic mass is 10.0. The molecule has 0 bridgehead atoms. The maximum absolute atomic E-state index is 11.7. The van der Waals surface area contributed by atoms with Crippen molar-refractivity contribution in [1.82, 2.24) is 0 Å². The van der Waals surface area contributed by atoms with E-state index in [0.717, 1.165) is 22.2 Å². The number of para-hydroxylation sites is 1. The Labute approximate surface area is 130 Å². The Morgan fingerprint density at radius 3 is 2.55 bits per heavy atom. The maximum Gasteiger partial charge on any atom is 0.369 e. The maximum atomic E-state index is 11.7. The van der Waals surface area contributed by atoms with Crippen LogP contribution in [-0.2, 0) is 14.4 Å². The number of rotatable bonds is 3. The van der Waals surface area contributed by atoms with Gasteiger partial charge in [-0.1, -0.05) is 42.5 Å². The van der Waals surface area contributed by atoms with Gasteiger partial charge in [0.25, 0.3) is 0 Å². The molecule has 2 aromatic rings. The van der Waals surface area contributed by atoms with E-state index in [1.165, 1.54) is 0 Å². The van der Waals surface area contributed by atoms with Crippen molar-refractivity contribution in [2.24, 2.45) is 0 Å². The Morgan fingerprint density at radius 1 is 1.09 bits per heavy atom. The van der Waals surface area contributed by atoms with Gasteiger partial charge in [0.1, 0.15) is 5.75 Å². The van der Waals surface area contributed by atoms with E-state index in [0.29, 0.717) is 5.57 Å². The second-order valence-electron chi connectivity index (χ2n) is 4.78. The number of benzene rings is 2. The predicted molar refractivity (Wildman–Crippen MR) is 85.7 cm³/mol. The average Bonchev–Trinajstić information content (AvgIpc) is 2.58. The molecule has 22 heavy (non-hydrogen) atoms. The lowest BCUT2D eigenvalue weighted by molar-refractivity contribution is -0.206. The third-order valence-corrected chi connectivity index (χ3v) is 4.75. The summed E-state index contributed by atoms with van der Waals surface area (Å²) in [6.07, 6.45) is 1.67. The van der Waals surface area contributed by atoms with Gasteiger partial charge in [0.15, 0.2) is 0 Å². The molecule has 1 aliphatic heterocycles. The van der Waals surface area contributed by atoms with Crippen molar-refractivity contribution in [1.29, 1.82) is 0 Å². The van der Waals surface area contributed by atoms with Gasteiger partial charge >= 0.3 is 14.3 Å². The molecule has 0 N–H and O–H groups in total. The minimum absolute atomic E-state index is 0.487. The van der Waals surface area contributed by atoms with Crippen LogP contribution in [0.4, 0.5) is 0 Å². The van der Waals surface area contributed by atoms with E-state index in [4.69, 9.17) is 14.1 Å². The fourth-order valence-electron chi connectivity index (χ4n) is 2.07. The number of hydrogen-bond donors (Lipinski definition) is 0. The van der Waals surface area contributed by atoms with Crippen LogP contribution in [0.5, 0.6) is 5.75 Å². The van der Waals surface area contributed by atoms with Gasteiger partial charge in [0.05, 0.1) is 5.30 Å². The lowest BCUT2D eigenvalue weighted by Gasteiger charge is -2.25. The third-order valence-electron chi connectivity index (χ3n) is 3.39. The predicted octanol–water partition coefficient (Wildman–Crippen LogP) is 4.12. The van der Waals surface area contributed by atoms with Gasteiger partial charge < -0.3 is 4.52 Å². The van der Waals surface area contributed by atoms with Crippen LogP contribution in [-0.4, -0.2) is 5.97 Å². The standard InChI is InChI=1S/C17H15O4P/c1-3-12(2)17(18)19-21-22-16-11-7-5-9-14(16)13-8-4-6-10-15(13)20-22/h3-11H,1-2H3. The molecular formula is C17H15O4P. The van der Waals surface area contributed by atoms with Crippen LogP contribution in [0, 0.1) is 0 Å². The molecule has 5 heteroatoms. The highest BCUT2D eigenvalue weighted by Gasteiger charge is 2.29. The topological polar surface area (TPSA) is 44.8 Å². The summed E-state index contributed by atoms with van der Waals surface area (Å²) in [5, 5.41) is 0.891. The van der Waals surface area contributed by atoms with Crippen molar-refractivity contribution < 1.29 is 18.9 Å². The number of fused-ring (bicyclic) bond motifs is 3. The number of allylic oxidation sites excluding steroid dienone is 1. The molecule has 0 radical (unpaired) electrons. The van der Waals surface area contributed by atoms with Gasteiger partial charge in [-0.15, -0.1) is 4.67 Å². The van der Waals surface area contributed by atoms with Crippen molar-refractivity contribution in [3.8, 4) is 16.9 Å². The van der Waals surface area contributed by atoms with Gasteiger partial charge in [-0.05, 0) is 31.5 Å². The molecule has 1 unspecified atom stereocenters. The molecule has 1 atom stereocenters. The zero-order valence-electron chi connectivity index (χ0n) is 12.3. The van der Waals surface area contributed by atoms with Crippen molar-refractivity contribution >= 4 is 19.6 Å². The molecule has 0 aliphatic carbocycles. The summed E-state index contributed by atoms with van der Waals surface area (Å²) in [5.41, 5.74) is 2.53. The molecule has 112 valence electrons. The van der Waals surface area contributed by atoms with E-state index >= 15 is 0 Å². The Bertz CT molecular complexity index is 739. The molecule has 0 amide bonds. The zero-order valence-corrected chi connectivity index (χ0v) is 13.2. The quantitative estimate of drug-likeness (QED) is 0.370. The summed E-state index contributed by atoms with van der Waals surface area (Å²) in [6.45, 7) is 3.44. The molecule has 0 saturated carbocycles. The molecule has 0 fully saturated rings. The van der Waals surface area contributed by atoms with Crippen LogP contribution in [0.2, 0.25) is 0 Å². The van der Waals surface area contributed by atoms with Gasteiger partial charge in [0, 0.05) is 11.1 Å². The summed E-state index contributed by atoms with van der Waals surface area (Å²) < 4.78 is 11.2. The van der Waals surface area contributed by atoms with Crippen molar-refractivity contribution in [3.05, 3.63) is 60.2 Å². The minimum Gasteiger partial charge on any atom is -0.441 e. The SMILES string of the molecule is CC=C(C)C(=O)OOP1Oc2ccccc2-c2ccccc21. The highest BCUT2D eigenvalue weighted by Crippen LogP contribution is 2.49. The minimum atomic E-state index is -1.51. The first kappa shape index (κ1) is 14.8. The summed E-state index contributed by atoms with van der Waals surface area (Å²) in [5.74, 6) is 0.219. The molecule has 0 spiro atoms. The number of hydrogen-bond acceptors (Lipinski definition) is 4. The number of carbonyl (C=O) groups is 1. The summed E-state index contributed by atoms with van der Waals surface area (Å²) in [4.78, 5) is 16.6. The zero-order chi connectivity index (χ0) is 15.5. The first-order valence-corrected chi connectivity index (χ1v) is 8.07. The van der Waals surface area contributed by atoms with E-state index in [2.05, 4.69) is 0 Å². The smallest absolute Gasteiger partial charge is 0.369 e. The van der Waals surface area contributed by atoms with Crippen molar-refractivity contribution in [2.45, 2.75) is 13.8 Å². The molecule has 1 heterocycles. The van der Waals surface area contributed by atoms with Crippen LogP contribution < -0.4 is 9.83 Å². The Balaban J connectivity index is 1.87. The summed E-state index contributed by atoms with van der Waals surface area (Å²) >= 11 is 0. The lowest BCUT2D eigenvalue weighted by Crippen LogP contribution is -2.17. The molecular weight excluding hydrogens is 299 g/mol. The van der Waals surface area contributed by atoms with Crippen molar-refractivity contribution in [2.75, 3.05) is 0 Å². The third kappa shape index (κ3) is 2.76.